The number of carbonyl (C=O) groups is 12. The van der Waals surface area contributed by atoms with E-state index in [0.29, 0.717) is 27.9 Å². The highest BCUT2D eigenvalue weighted by Crippen LogP contribution is 2.28. The third kappa shape index (κ3) is 37.4. The zero-order valence-electron chi connectivity index (χ0n) is 73.3. The fourth-order valence-electron chi connectivity index (χ4n) is 9.98. The fourth-order valence-corrected chi connectivity index (χ4v) is 20.1. The predicted octanol–water partition coefficient (Wildman–Crippen LogP) is 10.3. The molecule has 6 heterocycles. The standard InChI is InChI=1S/C16H17N3O5S2.C14H13N3O4S2.C14H14N2O5S2.C14H13NO4S3.C13H12N4O4S2.C12H11N3O5S2/c1-12(21)25-11-15(22)13-3-5-14(6-4-13)26(23,24)19(9-10-20)16-17-7-2-8-18-16;1-10(18)22-9-13(19)11-3-5-12(6-4-11)23(20,21)17-14-15-7-2-8-16-14;1-10(17)22-8-13(18)11-4-3-5-12(6-11)23(19,20)16(2)14-7-15-9-21-14;1-10(16)21-9-14(17)11-2-4-13(5-3-11)22(18,19)15-12-6-7-20-8-12;1-9(18)22-6-12(19)10-3-2-4-11(5-10)23(20,21)17-13-15-7-14-8-16-13;1-8(16)21-6-11(17)9-2-4-10(5-3-9)22(18,19)15-12-13-7-20-14-12/h2-8,20H,9-11H2,1H3;2-8H,9H2,1H3,(H,15,16,17);3-7,9H,8H2,1-2H3;2-8,15H,9H2,1H3;2-5,7-8H,6H2,1H3,(H,14,15,16,17);2-5,7H,6H2,1H3,(H,14,15). The van der Waals surface area contributed by atoms with E-state index in [0.717, 1.165) is 105 Å². The number of rotatable bonds is 38. The SMILES string of the molecule is CC(=O)SCC(=O)c1ccc(S(=O)(=O)N(CCO)c2ncccn2)cc1.CC(=O)SCC(=O)c1ccc(S(=O)(=O)Nc2ccsc2)cc1.CC(=O)SCC(=O)c1ccc(S(=O)(=O)Nc2ncccn2)cc1.CC(=O)SCC(=O)c1ccc(S(=O)(=O)Nc2ncon2)cc1.CC(=O)SCC(=O)c1cccc(S(=O)(=O)N(C)c2cnco2)c1.CC(=O)SCC(=O)c1cccc(S(=O)(=O)Nc2ncncn2)c1. The summed E-state index contributed by atoms with van der Waals surface area (Å²) in [6, 6.07) is 37.8. The van der Waals surface area contributed by atoms with Crippen molar-refractivity contribution < 1.29 is 122 Å². The van der Waals surface area contributed by atoms with Gasteiger partial charge in [-0.3, -0.25) is 62.3 Å². The van der Waals surface area contributed by atoms with Crippen LogP contribution in [0.15, 0.2) is 269 Å². The summed E-state index contributed by atoms with van der Waals surface area (Å²) in [5.74, 6) is -1.94. The molecule has 0 spiro atoms. The lowest BCUT2D eigenvalue weighted by molar-refractivity contribution is -0.109. The van der Waals surface area contributed by atoms with Crippen LogP contribution in [0.25, 0.3) is 0 Å². The van der Waals surface area contributed by atoms with Crippen molar-refractivity contribution in [3.05, 3.63) is 264 Å². The Morgan fingerprint density at radius 1 is 0.367 bits per heavy atom. The molecule has 0 bridgehead atoms. The van der Waals surface area contributed by atoms with E-state index in [1.807, 2.05) is 0 Å². The molecule has 5 N–H and O–H groups in total. The topological polar surface area (TPSA) is 640 Å². The van der Waals surface area contributed by atoms with E-state index in [1.54, 1.807) is 29.0 Å². The fraction of sp³-hybridized carbons (Fsp3) is 0.181. The molecular weight excluding hydrogens is 2070 g/mol. The molecule has 0 fully saturated rings. The summed E-state index contributed by atoms with van der Waals surface area (Å²) in [5.41, 5.74) is 2.29. The second kappa shape index (κ2) is 54.5. The third-order valence-corrected chi connectivity index (χ3v) is 31.1. The van der Waals surface area contributed by atoms with Crippen molar-refractivity contribution in [1.29, 1.82) is 0 Å². The molecule has 0 aliphatic rings. The lowest BCUT2D eigenvalue weighted by atomic mass is 10.1. The van der Waals surface area contributed by atoms with E-state index in [1.165, 1.54) is 237 Å². The average molecular weight is 2150 g/mol. The number of oxazole rings is 1. The van der Waals surface area contributed by atoms with Crippen LogP contribution in [0.3, 0.4) is 0 Å². The number of thiophene rings is 1. The Balaban J connectivity index is 0.000000227. The van der Waals surface area contributed by atoms with Gasteiger partial charge in [0.2, 0.25) is 30.1 Å². The van der Waals surface area contributed by atoms with Gasteiger partial charge in [-0.05, 0) is 102 Å². The molecule has 0 atom stereocenters. The smallest absolute Gasteiger partial charge is 0.277 e. The van der Waals surface area contributed by atoms with Crippen molar-refractivity contribution in [2.75, 3.05) is 82.2 Å². The summed E-state index contributed by atoms with van der Waals surface area (Å²) in [7, 11) is -21.8. The van der Waals surface area contributed by atoms with Crippen LogP contribution >= 0.6 is 81.9 Å². The van der Waals surface area contributed by atoms with Gasteiger partial charge in [-0.2, -0.15) is 16.3 Å². The number of aromatic nitrogens is 10. The minimum absolute atomic E-state index is 0.00404. The van der Waals surface area contributed by atoms with Gasteiger partial charge in [-0.1, -0.05) is 143 Å². The van der Waals surface area contributed by atoms with Crippen molar-refractivity contribution in [2.45, 2.75) is 70.9 Å². The number of benzene rings is 6. The van der Waals surface area contributed by atoms with Gasteiger partial charge in [-0.15, -0.1) is 0 Å². The van der Waals surface area contributed by atoms with Gasteiger partial charge in [0.25, 0.3) is 66.1 Å². The highest BCUT2D eigenvalue weighted by atomic mass is 32.2. The first-order chi connectivity index (χ1) is 65.7. The average Bonchev–Trinajstić information content (AvgIpc) is 1.78. The van der Waals surface area contributed by atoms with Gasteiger partial charge < -0.3 is 14.0 Å². The highest BCUT2D eigenvalue weighted by Gasteiger charge is 2.30. The van der Waals surface area contributed by atoms with E-state index in [2.05, 4.69) is 73.4 Å². The number of nitrogens with one attached hydrogen (secondary N) is 4. The molecule has 0 amide bonds. The van der Waals surface area contributed by atoms with Crippen LogP contribution in [0.5, 0.6) is 0 Å². The van der Waals surface area contributed by atoms with E-state index >= 15 is 0 Å². The number of thioether (sulfide) groups is 6. The number of anilines is 6. The van der Waals surface area contributed by atoms with Crippen LogP contribution in [-0.2, 0) is 88.9 Å². The largest absolute Gasteiger partial charge is 0.427 e. The molecule has 12 aromatic rings. The normalized spacial score (nSPS) is 11.1. The molecule has 732 valence electrons. The van der Waals surface area contributed by atoms with E-state index < -0.39 is 66.7 Å². The molecule has 0 unspecified atom stereocenters. The molecule has 0 saturated heterocycles. The summed E-state index contributed by atoms with van der Waals surface area (Å²) in [6.45, 7) is 7.63. The molecule has 0 saturated carbocycles. The van der Waals surface area contributed by atoms with Crippen LogP contribution in [-0.4, -0.2) is 226 Å². The summed E-state index contributed by atoms with van der Waals surface area (Å²) in [5, 5.41) is 15.0. The molecular formula is C83H80N16O27S13. The summed E-state index contributed by atoms with van der Waals surface area (Å²) in [6.07, 6.45) is 11.3. The molecule has 0 radical (unpaired) electrons. The van der Waals surface area contributed by atoms with Gasteiger partial charge >= 0.3 is 0 Å². The Labute approximate surface area is 825 Å². The van der Waals surface area contributed by atoms with Crippen LogP contribution in [0.2, 0.25) is 0 Å². The minimum atomic E-state index is -4.01. The minimum Gasteiger partial charge on any atom is -0.427 e. The predicted molar refractivity (Wildman–Crippen MR) is 523 cm³/mol. The second-order valence-electron chi connectivity index (χ2n) is 26.8. The van der Waals surface area contributed by atoms with Gasteiger partial charge in [0.05, 0.1) is 88.9 Å². The number of ketones is 6. The maximum atomic E-state index is 12.8. The molecule has 12 rings (SSSR count). The second-order valence-corrected chi connectivity index (χ2v) is 45.0. The summed E-state index contributed by atoms with van der Waals surface area (Å²) < 4.78 is 168. The molecule has 56 heteroatoms. The Morgan fingerprint density at radius 3 is 1.08 bits per heavy atom. The molecule has 0 aliphatic heterocycles. The summed E-state index contributed by atoms with van der Waals surface area (Å²) >= 11 is 6.77. The van der Waals surface area contributed by atoms with E-state index in [9.17, 15) is 113 Å². The Bertz CT molecular complexity index is 6890. The maximum absolute atomic E-state index is 12.8. The highest BCUT2D eigenvalue weighted by molar-refractivity contribution is 8.15. The van der Waals surface area contributed by atoms with Crippen molar-refractivity contribution in [1.82, 2.24) is 50.0 Å². The van der Waals surface area contributed by atoms with Gasteiger partial charge in [0, 0.05) is 112 Å². The van der Waals surface area contributed by atoms with E-state index in [4.69, 9.17) is 4.42 Å². The number of aliphatic hydroxyl groups is 1. The van der Waals surface area contributed by atoms with Gasteiger partial charge in [0.1, 0.15) is 12.7 Å². The number of sulfonamides is 6. The Kier molecular flexibility index (Phi) is 44.3. The first-order valence-electron chi connectivity index (χ1n) is 38.9. The monoisotopic (exact) mass is 2150 g/mol. The van der Waals surface area contributed by atoms with Crippen molar-refractivity contribution >= 4 is 243 Å². The van der Waals surface area contributed by atoms with E-state index in [-0.39, 0.29) is 177 Å². The van der Waals surface area contributed by atoms with Crippen LogP contribution in [0.1, 0.15) is 104 Å². The van der Waals surface area contributed by atoms with Crippen molar-refractivity contribution in [2.24, 2.45) is 0 Å². The lowest BCUT2D eigenvalue weighted by Crippen LogP contribution is -2.35. The number of hydrogen-bond donors (Lipinski definition) is 5. The maximum Gasteiger partial charge on any atom is 0.277 e. The number of aliphatic hydroxyl groups excluding tert-OH is 1. The number of carbonyl (C=O) groups excluding carboxylic acids is 12. The zero-order chi connectivity index (χ0) is 102. The first kappa shape index (κ1) is 113. The van der Waals surface area contributed by atoms with Gasteiger partial charge in [0.15, 0.2) is 71.8 Å². The Morgan fingerprint density at radius 2 is 0.719 bits per heavy atom. The number of nitrogens with zero attached hydrogens (tertiary/aromatic N) is 12. The zero-order valence-corrected chi connectivity index (χ0v) is 83.9. The van der Waals surface area contributed by atoms with Crippen molar-refractivity contribution in [3.63, 3.8) is 0 Å². The van der Waals surface area contributed by atoms with Crippen LogP contribution < -0.4 is 27.5 Å². The Hall–Kier alpha value is -12.9. The third-order valence-electron chi connectivity index (χ3n) is 16.6. The summed E-state index contributed by atoms with van der Waals surface area (Å²) in [4.78, 5) is 170. The molecule has 43 nitrogen and oxygen atoms in total. The van der Waals surface area contributed by atoms with Crippen LogP contribution in [0.4, 0.5) is 35.4 Å². The first-order valence-corrected chi connectivity index (χ1v) is 54.5. The van der Waals surface area contributed by atoms with Gasteiger partial charge in [-0.25, -0.2) is 113 Å². The molecule has 0 aliphatic carbocycles. The van der Waals surface area contributed by atoms with Crippen LogP contribution in [0, 0.1) is 0 Å². The molecule has 139 heavy (non-hydrogen) atoms. The lowest BCUT2D eigenvalue weighted by Gasteiger charge is -2.21. The quantitative estimate of drug-likeness (QED) is 0.0224. The molecule has 6 aromatic heterocycles. The number of hydrogen-bond acceptors (Lipinski definition) is 44. The molecule has 6 aromatic carbocycles. The number of Topliss-reactive ketones (excluding diaryl/α,β-unsaturated/α-hetero) is 6. The van der Waals surface area contributed by atoms with Crippen molar-refractivity contribution in [3.8, 4) is 0 Å².